The molecule has 0 amide bonds. The van der Waals surface area contributed by atoms with Crippen LogP contribution in [0.15, 0.2) is 29.3 Å². The van der Waals surface area contributed by atoms with Crippen molar-refractivity contribution < 1.29 is 28.6 Å². The molecule has 0 aromatic heterocycles. The molecule has 0 unspecified atom stereocenters. The molecule has 21 heavy (non-hydrogen) atoms. The number of hydrogen-bond acceptors (Lipinski definition) is 7. The normalized spacial score (nSPS) is 10.9. The summed E-state index contributed by atoms with van der Waals surface area (Å²) in [7, 11) is 0. The van der Waals surface area contributed by atoms with Crippen LogP contribution in [0.2, 0.25) is 0 Å². The standard InChI is InChI=1S/C14H19NO6/c1-5-19-14(18)21-13(17)11(4)7-6-8-15-9-12(16)20-10(2)3/h6-8,10H,4-5,9H2,1-3H3/b7-6-,15-8?. The van der Waals surface area contributed by atoms with Gasteiger partial charge in [0, 0.05) is 6.21 Å². The van der Waals surface area contributed by atoms with Crippen LogP contribution in [0.25, 0.3) is 0 Å². The lowest BCUT2D eigenvalue weighted by Gasteiger charge is -2.04. The van der Waals surface area contributed by atoms with Gasteiger partial charge in [0.1, 0.15) is 6.54 Å². The molecule has 0 N–H and O–H groups in total. The first-order chi connectivity index (χ1) is 9.86. The van der Waals surface area contributed by atoms with Gasteiger partial charge < -0.3 is 14.2 Å². The maximum atomic E-state index is 11.3. The molecule has 116 valence electrons. The van der Waals surface area contributed by atoms with Crippen molar-refractivity contribution in [3.8, 4) is 0 Å². The van der Waals surface area contributed by atoms with Crippen molar-refractivity contribution in [1.29, 1.82) is 0 Å². The van der Waals surface area contributed by atoms with Crippen LogP contribution >= 0.6 is 0 Å². The Hall–Kier alpha value is -2.44. The molecule has 0 spiro atoms. The van der Waals surface area contributed by atoms with E-state index in [0.29, 0.717) is 0 Å². The molecule has 0 aliphatic rings. The first-order valence-electron chi connectivity index (χ1n) is 6.30. The second-order valence-electron chi connectivity index (χ2n) is 3.99. The van der Waals surface area contributed by atoms with Crippen molar-refractivity contribution >= 4 is 24.3 Å². The summed E-state index contributed by atoms with van der Waals surface area (Å²) in [4.78, 5) is 37.1. The maximum absolute atomic E-state index is 11.3. The van der Waals surface area contributed by atoms with Crippen LogP contribution in [0.4, 0.5) is 4.79 Å². The van der Waals surface area contributed by atoms with Gasteiger partial charge in [-0.2, -0.15) is 0 Å². The molecular formula is C14H19NO6. The minimum absolute atomic E-state index is 0.0562. The van der Waals surface area contributed by atoms with Crippen molar-refractivity contribution in [1.82, 2.24) is 0 Å². The molecule has 0 heterocycles. The highest BCUT2D eigenvalue weighted by Crippen LogP contribution is 1.98. The molecule has 0 radical (unpaired) electrons. The highest BCUT2D eigenvalue weighted by atomic mass is 16.7. The smallest absolute Gasteiger partial charge is 0.462 e. The van der Waals surface area contributed by atoms with Gasteiger partial charge in [0.2, 0.25) is 0 Å². The molecule has 0 saturated heterocycles. The van der Waals surface area contributed by atoms with Crippen LogP contribution in [0, 0.1) is 0 Å². The van der Waals surface area contributed by atoms with Crippen LogP contribution in [0.3, 0.4) is 0 Å². The molecule has 0 aliphatic carbocycles. The third-order valence-corrected chi connectivity index (χ3v) is 1.78. The number of nitrogens with zero attached hydrogens (tertiary/aromatic N) is 1. The fourth-order valence-electron chi connectivity index (χ4n) is 1.00. The van der Waals surface area contributed by atoms with Gasteiger partial charge in [0.15, 0.2) is 0 Å². The predicted octanol–water partition coefficient (Wildman–Crippen LogP) is 1.82. The van der Waals surface area contributed by atoms with E-state index in [9.17, 15) is 14.4 Å². The molecule has 7 nitrogen and oxygen atoms in total. The van der Waals surface area contributed by atoms with Crippen LogP contribution in [-0.2, 0) is 23.8 Å². The summed E-state index contributed by atoms with van der Waals surface area (Å²) in [6.45, 7) is 8.46. The van der Waals surface area contributed by atoms with E-state index in [0.717, 1.165) is 0 Å². The Morgan fingerprint density at radius 2 is 1.95 bits per heavy atom. The molecule has 0 fully saturated rings. The quantitative estimate of drug-likeness (QED) is 0.234. The van der Waals surface area contributed by atoms with Gasteiger partial charge in [0.05, 0.1) is 18.3 Å². The van der Waals surface area contributed by atoms with Crippen LogP contribution in [0.5, 0.6) is 0 Å². The second kappa shape index (κ2) is 10.4. The first-order valence-corrected chi connectivity index (χ1v) is 6.30. The van der Waals surface area contributed by atoms with E-state index in [1.807, 2.05) is 0 Å². The fraction of sp³-hybridized carbons (Fsp3) is 0.429. The molecule has 0 aromatic carbocycles. The summed E-state index contributed by atoms with van der Waals surface area (Å²) in [5.41, 5.74) is -0.0562. The van der Waals surface area contributed by atoms with Crippen molar-refractivity contribution in [2.45, 2.75) is 26.9 Å². The van der Waals surface area contributed by atoms with Gasteiger partial charge in [-0.3, -0.25) is 9.79 Å². The molecule has 0 aromatic rings. The SMILES string of the molecule is C=C(/C=C\C=NCC(=O)OC(C)C)C(=O)OC(=O)OCC. The van der Waals surface area contributed by atoms with Gasteiger partial charge >= 0.3 is 18.1 Å². The highest BCUT2D eigenvalue weighted by molar-refractivity contribution is 5.97. The van der Waals surface area contributed by atoms with Gasteiger partial charge in [0.25, 0.3) is 0 Å². The minimum Gasteiger partial charge on any atom is -0.462 e. The molecule has 0 saturated carbocycles. The fourth-order valence-corrected chi connectivity index (χ4v) is 1.00. The van der Waals surface area contributed by atoms with E-state index in [4.69, 9.17) is 4.74 Å². The number of rotatable bonds is 7. The lowest BCUT2D eigenvalue weighted by molar-refractivity contribution is -0.145. The van der Waals surface area contributed by atoms with E-state index < -0.39 is 18.1 Å². The Morgan fingerprint density at radius 3 is 2.52 bits per heavy atom. The maximum Gasteiger partial charge on any atom is 0.516 e. The van der Waals surface area contributed by atoms with Crippen molar-refractivity contribution in [2.24, 2.45) is 4.99 Å². The first kappa shape index (κ1) is 18.6. The van der Waals surface area contributed by atoms with Crippen molar-refractivity contribution in [2.75, 3.05) is 13.2 Å². The van der Waals surface area contributed by atoms with Crippen LogP contribution in [-0.4, -0.2) is 43.6 Å². The summed E-state index contributed by atoms with van der Waals surface area (Å²) >= 11 is 0. The molecule has 0 bridgehead atoms. The lowest BCUT2D eigenvalue weighted by atomic mass is 10.3. The number of ether oxygens (including phenoxy) is 3. The Bertz CT molecular complexity index is 450. The Kier molecular flexibility index (Phi) is 9.16. The summed E-state index contributed by atoms with van der Waals surface area (Å²) < 4.78 is 13.6. The van der Waals surface area contributed by atoms with Gasteiger partial charge in [-0.25, -0.2) is 9.59 Å². The lowest BCUT2D eigenvalue weighted by Crippen LogP contribution is -2.14. The number of hydrogen-bond donors (Lipinski definition) is 0. The molecule has 0 rings (SSSR count). The Balaban J connectivity index is 4.12. The highest BCUT2D eigenvalue weighted by Gasteiger charge is 2.12. The van der Waals surface area contributed by atoms with Gasteiger partial charge in [-0.15, -0.1) is 0 Å². The molecule has 7 heteroatoms. The summed E-state index contributed by atoms with van der Waals surface area (Å²) in [5, 5.41) is 0. The Labute approximate surface area is 123 Å². The number of carbonyl (C=O) groups excluding carboxylic acids is 3. The Morgan fingerprint density at radius 1 is 1.29 bits per heavy atom. The van der Waals surface area contributed by atoms with Crippen molar-refractivity contribution in [3.63, 3.8) is 0 Å². The third kappa shape index (κ3) is 10.1. The van der Waals surface area contributed by atoms with E-state index >= 15 is 0 Å². The number of aliphatic imine (C=N–C) groups is 1. The number of carbonyl (C=O) groups is 3. The van der Waals surface area contributed by atoms with E-state index in [1.54, 1.807) is 20.8 Å². The number of allylic oxidation sites excluding steroid dienone is 1. The van der Waals surface area contributed by atoms with E-state index in [2.05, 4.69) is 21.0 Å². The minimum atomic E-state index is -1.08. The summed E-state index contributed by atoms with van der Waals surface area (Å²) in [5.74, 6) is -1.37. The zero-order chi connectivity index (χ0) is 16.3. The number of esters is 2. The van der Waals surface area contributed by atoms with Crippen LogP contribution in [0.1, 0.15) is 20.8 Å². The van der Waals surface area contributed by atoms with E-state index in [-0.39, 0.29) is 24.8 Å². The third-order valence-electron chi connectivity index (χ3n) is 1.78. The van der Waals surface area contributed by atoms with E-state index in [1.165, 1.54) is 18.4 Å². The van der Waals surface area contributed by atoms with Crippen LogP contribution < -0.4 is 0 Å². The monoisotopic (exact) mass is 297 g/mol. The molecule has 0 aliphatic heterocycles. The topological polar surface area (TPSA) is 91.3 Å². The summed E-state index contributed by atoms with van der Waals surface area (Å²) in [6.07, 6.45) is 2.71. The summed E-state index contributed by atoms with van der Waals surface area (Å²) in [6, 6.07) is 0. The molecular weight excluding hydrogens is 278 g/mol. The average Bonchev–Trinajstić information content (AvgIpc) is 2.37. The largest absolute Gasteiger partial charge is 0.516 e. The zero-order valence-electron chi connectivity index (χ0n) is 12.3. The average molecular weight is 297 g/mol. The van der Waals surface area contributed by atoms with Gasteiger partial charge in [-0.05, 0) is 32.9 Å². The zero-order valence-corrected chi connectivity index (χ0v) is 12.3. The second-order valence-corrected chi connectivity index (χ2v) is 3.99. The van der Waals surface area contributed by atoms with Crippen molar-refractivity contribution in [3.05, 3.63) is 24.3 Å². The van der Waals surface area contributed by atoms with Gasteiger partial charge in [-0.1, -0.05) is 6.58 Å². The molecule has 0 atom stereocenters. The predicted molar refractivity (Wildman–Crippen MR) is 76.0 cm³/mol.